The van der Waals surface area contributed by atoms with E-state index in [0.29, 0.717) is 13.2 Å². The van der Waals surface area contributed by atoms with Crippen LogP contribution >= 0.6 is 0 Å². The summed E-state index contributed by atoms with van der Waals surface area (Å²) in [5, 5.41) is 0. The largest absolute Gasteiger partial charge is 0.486 e. The van der Waals surface area contributed by atoms with Crippen molar-refractivity contribution in [3.63, 3.8) is 0 Å². The fraction of sp³-hybridized carbons (Fsp3) is 0.647. The van der Waals surface area contributed by atoms with Gasteiger partial charge in [0, 0.05) is 25.6 Å². The van der Waals surface area contributed by atoms with Gasteiger partial charge in [-0.15, -0.1) is 0 Å². The number of ether oxygens (including phenoxy) is 3. The number of hydrogen-bond acceptors (Lipinski definition) is 5. The molecule has 1 aromatic carbocycles. The Labute approximate surface area is 131 Å². The van der Waals surface area contributed by atoms with E-state index in [-0.39, 0.29) is 5.60 Å². The lowest BCUT2D eigenvalue weighted by Gasteiger charge is -2.36. The maximum absolute atomic E-state index is 6.45. The van der Waals surface area contributed by atoms with Crippen LogP contribution < -0.4 is 19.9 Å². The van der Waals surface area contributed by atoms with Gasteiger partial charge in [0.1, 0.15) is 24.6 Å². The van der Waals surface area contributed by atoms with Gasteiger partial charge in [0.2, 0.25) is 0 Å². The molecule has 0 bridgehead atoms. The molecule has 4 rings (SSSR count). The SMILES string of the molecule is NCCCN1CCC2(CCc3cc4c(cc3O2)OCCO4)C1. The van der Waals surface area contributed by atoms with Gasteiger partial charge in [0.05, 0.1) is 0 Å². The van der Waals surface area contributed by atoms with Gasteiger partial charge in [-0.1, -0.05) is 0 Å². The molecule has 0 aliphatic carbocycles. The molecule has 1 atom stereocenters. The standard InChI is InChI=1S/C17H24N2O3/c18-5-1-6-19-7-4-17(12-19)3-2-13-10-15-16(11-14(13)22-17)21-9-8-20-15/h10-11H,1-9,12,18H2. The van der Waals surface area contributed by atoms with Crippen molar-refractivity contribution in [3.8, 4) is 17.2 Å². The van der Waals surface area contributed by atoms with Crippen molar-refractivity contribution >= 4 is 0 Å². The van der Waals surface area contributed by atoms with Gasteiger partial charge in [-0.2, -0.15) is 0 Å². The fourth-order valence-corrected chi connectivity index (χ4v) is 3.77. The Morgan fingerprint density at radius 3 is 2.73 bits per heavy atom. The zero-order valence-corrected chi connectivity index (χ0v) is 13.0. The quantitative estimate of drug-likeness (QED) is 0.919. The molecule has 3 heterocycles. The lowest BCUT2D eigenvalue weighted by molar-refractivity contribution is 0.0533. The number of likely N-dealkylation sites (tertiary alicyclic amines) is 1. The minimum Gasteiger partial charge on any atom is -0.486 e. The van der Waals surface area contributed by atoms with Gasteiger partial charge >= 0.3 is 0 Å². The third-order valence-electron chi connectivity index (χ3n) is 4.98. The summed E-state index contributed by atoms with van der Waals surface area (Å²) in [4.78, 5) is 2.48. The van der Waals surface area contributed by atoms with E-state index in [4.69, 9.17) is 19.9 Å². The van der Waals surface area contributed by atoms with Crippen molar-refractivity contribution in [2.75, 3.05) is 39.4 Å². The highest BCUT2D eigenvalue weighted by atomic mass is 16.6. The highest BCUT2D eigenvalue weighted by molar-refractivity contribution is 5.52. The molecule has 1 fully saturated rings. The molecule has 3 aliphatic rings. The number of nitrogens with zero attached hydrogens (tertiary/aromatic N) is 1. The molecule has 1 saturated heterocycles. The zero-order chi connectivity index (χ0) is 15.0. The van der Waals surface area contributed by atoms with Crippen molar-refractivity contribution in [3.05, 3.63) is 17.7 Å². The van der Waals surface area contributed by atoms with E-state index in [1.54, 1.807) is 0 Å². The average molecular weight is 304 g/mol. The normalized spacial score (nSPS) is 26.8. The number of fused-ring (bicyclic) bond motifs is 2. The predicted octanol–water partition coefficient (Wildman–Crippen LogP) is 1.58. The summed E-state index contributed by atoms with van der Waals surface area (Å²) in [7, 11) is 0. The molecule has 1 unspecified atom stereocenters. The topological polar surface area (TPSA) is 57.0 Å². The van der Waals surface area contributed by atoms with Crippen LogP contribution in [0.3, 0.4) is 0 Å². The number of hydrogen-bond donors (Lipinski definition) is 1. The van der Waals surface area contributed by atoms with E-state index in [9.17, 15) is 0 Å². The van der Waals surface area contributed by atoms with Crippen molar-refractivity contribution in [1.29, 1.82) is 0 Å². The molecular weight excluding hydrogens is 280 g/mol. The van der Waals surface area contributed by atoms with E-state index in [1.165, 1.54) is 5.56 Å². The van der Waals surface area contributed by atoms with Crippen LogP contribution in [0.4, 0.5) is 0 Å². The summed E-state index contributed by atoms with van der Waals surface area (Å²) in [5.74, 6) is 2.66. The van der Waals surface area contributed by atoms with Crippen molar-refractivity contribution in [1.82, 2.24) is 4.90 Å². The van der Waals surface area contributed by atoms with Gasteiger partial charge < -0.3 is 19.9 Å². The van der Waals surface area contributed by atoms with E-state index in [2.05, 4.69) is 11.0 Å². The molecule has 5 heteroatoms. The van der Waals surface area contributed by atoms with Gasteiger partial charge in [0.15, 0.2) is 11.5 Å². The summed E-state index contributed by atoms with van der Waals surface area (Å²) in [5.41, 5.74) is 6.84. The van der Waals surface area contributed by atoms with Crippen molar-refractivity contribution < 1.29 is 14.2 Å². The van der Waals surface area contributed by atoms with Crippen LogP contribution in [0.25, 0.3) is 0 Å². The highest BCUT2D eigenvalue weighted by Gasteiger charge is 2.42. The third kappa shape index (κ3) is 2.52. The molecule has 3 aliphatic heterocycles. The first-order valence-electron chi connectivity index (χ1n) is 8.32. The number of nitrogens with two attached hydrogens (primary N) is 1. The zero-order valence-electron chi connectivity index (χ0n) is 13.0. The van der Waals surface area contributed by atoms with Crippen LogP contribution in [0.5, 0.6) is 17.2 Å². The molecular formula is C17H24N2O3. The Balaban J connectivity index is 1.52. The summed E-state index contributed by atoms with van der Waals surface area (Å²) >= 11 is 0. The van der Waals surface area contributed by atoms with Crippen LogP contribution in [0.1, 0.15) is 24.8 Å². The first-order chi connectivity index (χ1) is 10.8. The highest BCUT2D eigenvalue weighted by Crippen LogP contribution is 2.44. The minimum absolute atomic E-state index is 0.0225. The predicted molar refractivity (Wildman–Crippen MR) is 83.8 cm³/mol. The summed E-state index contributed by atoms with van der Waals surface area (Å²) < 4.78 is 17.8. The second-order valence-corrected chi connectivity index (χ2v) is 6.56. The van der Waals surface area contributed by atoms with Crippen LogP contribution in [-0.2, 0) is 6.42 Å². The van der Waals surface area contributed by atoms with E-state index in [1.807, 2.05) is 6.07 Å². The van der Waals surface area contributed by atoms with Crippen molar-refractivity contribution in [2.45, 2.75) is 31.3 Å². The van der Waals surface area contributed by atoms with Gasteiger partial charge in [0.25, 0.3) is 0 Å². The summed E-state index contributed by atoms with van der Waals surface area (Å²) in [6.45, 7) is 5.21. The fourth-order valence-electron chi connectivity index (χ4n) is 3.77. The Kier molecular flexibility index (Phi) is 3.62. The second kappa shape index (κ2) is 5.63. The molecule has 2 N–H and O–H groups in total. The molecule has 0 saturated carbocycles. The Hall–Kier alpha value is -1.46. The molecule has 120 valence electrons. The van der Waals surface area contributed by atoms with Crippen LogP contribution in [-0.4, -0.2) is 49.9 Å². The first-order valence-corrected chi connectivity index (χ1v) is 8.32. The van der Waals surface area contributed by atoms with Gasteiger partial charge in [-0.05, 0) is 44.0 Å². The molecule has 5 nitrogen and oxygen atoms in total. The average Bonchev–Trinajstić information content (AvgIpc) is 2.93. The summed E-state index contributed by atoms with van der Waals surface area (Å²) in [6.07, 6.45) is 4.30. The van der Waals surface area contributed by atoms with Crippen LogP contribution in [0.15, 0.2) is 12.1 Å². The monoisotopic (exact) mass is 304 g/mol. The second-order valence-electron chi connectivity index (χ2n) is 6.56. The van der Waals surface area contributed by atoms with Crippen molar-refractivity contribution in [2.24, 2.45) is 5.73 Å². The lowest BCUT2D eigenvalue weighted by Crippen LogP contribution is -2.42. The first kappa shape index (κ1) is 14.2. The smallest absolute Gasteiger partial charge is 0.165 e. The maximum Gasteiger partial charge on any atom is 0.165 e. The van der Waals surface area contributed by atoms with E-state index < -0.39 is 0 Å². The van der Waals surface area contributed by atoms with Crippen LogP contribution in [0, 0.1) is 0 Å². The summed E-state index contributed by atoms with van der Waals surface area (Å²) in [6, 6.07) is 4.12. The molecule has 0 radical (unpaired) electrons. The van der Waals surface area contributed by atoms with Crippen LogP contribution in [0.2, 0.25) is 0 Å². The Morgan fingerprint density at radius 2 is 1.91 bits per heavy atom. The maximum atomic E-state index is 6.45. The molecule has 1 spiro atoms. The molecule has 22 heavy (non-hydrogen) atoms. The Bertz CT molecular complexity index is 563. The number of rotatable bonds is 3. The molecule has 0 amide bonds. The lowest BCUT2D eigenvalue weighted by atomic mass is 9.90. The van der Waals surface area contributed by atoms with Gasteiger partial charge in [-0.25, -0.2) is 0 Å². The Morgan fingerprint density at radius 1 is 1.09 bits per heavy atom. The van der Waals surface area contributed by atoms with E-state index in [0.717, 1.165) is 69.1 Å². The third-order valence-corrected chi connectivity index (χ3v) is 4.98. The minimum atomic E-state index is -0.0225. The number of aryl methyl sites for hydroxylation is 1. The molecule has 0 aromatic heterocycles. The van der Waals surface area contributed by atoms with E-state index >= 15 is 0 Å². The van der Waals surface area contributed by atoms with Gasteiger partial charge in [-0.3, -0.25) is 4.90 Å². The molecule has 1 aromatic rings. The number of benzene rings is 1.